The summed E-state index contributed by atoms with van der Waals surface area (Å²) >= 11 is 1.79. The van der Waals surface area contributed by atoms with Gasteiger partial charge >= 0.3 is 0 Å². The fourth-order valence-corrected chi connectivity index (χ4v) is 1.91. The van der Waals surface area contributed by atoms with Crippen LogP contribution in [0.2, 0.25) is 0 Å². The molecule has 2 rings (SSSR count). The van der Waals surface area contributed by atoms with Crippen molar-refractivity contribution in [2.24, 2.45) is 0 Å². The van der Waals surface area contributed by atoms with Crippen LogP contribution >= 0.6 is 11.3 Å². The Morgan fingerprint density at radius 2 is 2.40 bits per heavy atom. The highest BCUT2D eigenvalue weighted by Crippen LogP contribution is 2.15. The summed E-state index contributed by atoms with van der Waals surface area (Å²) in [6.07, 6.45) is 3.74. The van der Waals surface area contributed by atoms with Gasteiger partial charge in [0.25, 0.3) is 0 Å². The second-order valence-corrected chi connectivity index (χ2v) is 3.56. The minimum atomic E-state index is 1.28. The van der Waals surface area contributed by atoms with Crippen molar-refractivity contribution in [3.8, 4) is 0 Å². The van der Waals surface area contributed by atoms with Crippen molar-refractivity contribution in [3.63, 3.8) is 0 Å². The van der Waals surface area contributed by atoms with Crippen LogP contribution in [0.3, 0.4) is 0 Å². The summed E-state index contributed by atoms with van der Waals surface area (Å²) in [6.45, 7) is 0. The van der Waals surface area contributed by atoms with Crippen molar-refractivity contribution >= 4 is 34.0 Å². The van der Waals surface area contributed by atoms with Crippen molar-refractivity contribution in [1.29, 1.82) is 0 Å². The molecular formula is C7H6BNS. The molecule has 0 unspecified atom stereocenters. The molecule has 0 aromatic carbocycles. The van der Waals surface area contributed by atoms with E-state index in [1.54, 1.807) is 11.3 Å². The van der Waals surface area contributed by atoms with Crippen molar-refractivity contribution in [3.05, 3.63) is 24.5 Å². The van der Waals surface area contributed by atoms with Crippen molar-refractivity contribution in [1.82, 2.24) is 4.98 Å². The molecule has 0 amide bonds. The zero-order chi connectivity index (χ0) is 6.97. The molecule has 0 atom stereocenters. The Labute approximate surface area is 64.1 Å². The van der Waals surface area contributed by atoms with Gasteiger partial charge in [-0.2, -0.15) is 0 Å². The molecule has 0 aliphatic heterocycles. The molecular weight excluding hydrogens is 141 g/mol. The van der Waals surface area contributed by atoms with Crippen molar-refractivity contribution in [2.75, 3.05) is 0 Å². The number of pyridine rings is 1. The minimum absolute atomic E-state index is 1.28. The van der Waals surface area contributed by atoms with Gasteiger partial charge < -0.3 is 0 Å². The number of nitrogens with zero attached hydrogens (tertiary/aromatic N) is 1. The Bertz CT molecular complexity index is 322. The van der Waals surface area contributed by atoms with Crippen molar-refractivity contribution < 1.29 is 0 Å². The van der Waals surface area contributed by atoms with Crippen LogP contribution in [-0.4, -0.2) is 12.8 Å². The van der Waals surface area contributed by atoms with Crippen LogP contribution in [0, 0.1) is 0 Å². The summed E-state index contributed by atoms with van der Waals surface area (Å²) in [5, 5.41) is 1.30. The molecule has 0 aliphatic carbocycles. The van der Waals surface area contributed by atoms with Gasteiger partial charge in [0.15, 0.2) is 7.85 Å². The van der Waals surface area contributed by atoms with Gasteiger partial charge in [-0.3, -0.25) is 4.98 Å². The molecule has 3 heteroatoms. The molecule has 0 spiro atoms. The van der Waals surface area contributed by atoms with Gasteiger partial charge in [0.2, 0.25) is 0 Å². The normalized spacial score (nSPS) is 10.4. The van der Waals surface area contributed by atoms with Gasteiger partial charge in [-0.15, -0.1) is 11.3 Å². The van der Waals surface area contributed by atoms with E-state index in [1.807, 2.05) is 18.5 Å². The van der Waals surface area contributed by atoms with Crippen LogP contribution in [0.25, 0.3) is 10.1 Å². The lowest BCUT2D eigenvalue weighted by Crippen LogP contribution is -1.88. The van der Waals surface area contributed by atoms with Crippen LogP contribution in [0.1, 0.15) is 0 Å². The summed E-state index contributed by atoms with van der Waals surface area (Å²) < 4.78 is 2.63. The zero-order valence-corrected chi connectivity index (χ0v) is 6.48. The van der Waals surface area contributed by atoms with Crippen LogP contribution in [0.4, 0.5) is 0 Å². The second kappa shape index (κ2) is 2.09. The van der Waals surface area contributed by atoms with E-state index in [-0.39, 0.29) is 0 Å². The summed E-state index contributed by atoms with van der Waals surface area (Å²) in [5.74, 6) is 0. The van der Waals surface area contributed by atoms with E-state index in [1.165, 1.54) is 14.9 Å². The van der Waals surface area contributed by atoms with Gasteiger partial charge in [-0.25, -0.2) is 0 Å². The van der Waals surface area contributed by atoms with Gasteiger partial charge in [0.05, 0.1) is 4.70 Å². The maximum Gasteiger partial charge on any atom is 0.152 e. The number of thiophene rings is 1. The SMILES string of the molecule is Bc1cc2ccncc2s1. The van der Waals surface area contributed by atoms with Gasteiger partial charge in [0, 0.05) is 12.4 Å². The van der Waals surface area contributed by atoms with Crippen LogP contribution in [0.5, 0.6) is 0 Å². The summed E-state index contributed by atoms with van der Waals surface area (Å²) in [5.41, 5.74) is 0. The fraction of sp³-hybridized carbons (Fsp3) is 0. The zero-order valence-electron chi connectivity index (χ0n) is 5.66. The summed E-state index contributed by atoms with van der Waals surface area (Å²) in [7, 11) is 2.12. The average Bonchev–Trinajstić information content (AvgIpc) is 2.27. The third-order valence-corrected chi connectivity index (χ3v) is 2.45. The first-order valence-electron chi connectivity index (χ1n) is 3.16. The third kappa shape index (κ3) is 0.828. The van der Waals surface area contributed by atoms with Crippen molar-refractivity contribution in [2.45, 2.75) is 0 Å². The topological polar surface area (TPSA) is 12.9 Å². The molecule has 1 nitrogen and oxygen atoms in total. The largest absolute Gasteiger partial charge is 0.263 e. The van der Waals surface area contributed by atoms with Crippen LogP contribution < -0.4 is 4.78 Å². The Morgan fingerprint density at radius 1 is 1.50 bits per heavy atom. The quantitative estimate of drug-likeness (QED) is 0.496. The smallest absolute Gasteiger partial charge is 0.152 e. The lowest BCUT2D eigenvalue weighted by molar-refractivity contribution is 1.37. The van der Waals surface area contributed by atoms with Crippen LogP contribution in [0.15, 0.2) is 24.5 Å². The molecule has 0 fully saturated rings. The molecule has 2 aromatic heterocycles. The summed E-state index contributed by atoms with van der Waals surface area (Å²) in [6, 6.07) is 4.22. The molecule has 0 saturated carbocycles. The molecule has 0 radical (unpaired) electrons. The minimum Gasteiger partial charge on any atom is -0.263 e. The molecule has 10 heavy (non-hydrogen) atoms. The Balaban J connectivity index is 2.88. The first-order chi connectivity index (χ1) is 4.86. The van der Waals surface area contributed by atoms with Crippen LogP contribution in [-0.2, 0) is 0 Å². The molecule has 0 N–H and O–H groups in total. The lowest BCUT2D eigenvalue weighted by Gasteiger charge is -1.81. The first-order valence-corrected chi connectivity index (χ1v) is 3.98. The van der Waals surface area contributed by atoms with Gasteiger partial charge in [0.1, 0.15) is 0 Å². The monoisotopic (exact) mass is 147 g/mol. The standard InChI is InChI=1S/C7H6BNS/c8-7-3-5-1-2-9-4-6(5)10-7/h1-4H,8H2. The molecule has 2 aromatic rings. The van der Waals surface area contributed by atoms with E-state index in [0.29, 0.717) is 0 Å². The second-order valence-electron chi connectivity index (χ2n) is 2.27. The molecule has 0 bridgehead atoms. The number of fused-ring (bicyclic) bond motifs is 1. The van der Waals surface area contributed by atoms with E-state index in [2.05, 4.69) is 18.9 Å². The predicted molar refractivity (Wildman–Crippen MR) is 47.8 cm³/mol. The molecule has 48 valence electrons. The third-order valence-electron chi connectivity index (χ3n) is 1.45. The number of hydrogen-bond donors (Lipinski definition) is 0. The van der Waals surface area contributed by atoms with E-state index >= 15 is 0 Å². The highest BCUT2D eigenvalue weighted by molar-refractivity contribution is 7.26. The lowest BCUT2D eigenvalue weighted by atomic mass is 10.1. The molecule has 0 saturated heterocycles. The van der Waals surface area contributed by atoms with E-state index in [0.717, 1.165) is 0 Å². The molecule has 2 heterocycles. The Morgan fingerprint density at radius 3 is 3.20 bits per heavy atom. The maximum atomic E-state index is 4.04. The highest BCUT2D eigenvalue weighted by Gasteiger charge is 1.94. The maximum absolute atomic E-state index is 4.04. The Hall–Kier alpha value is -0.825. The fourth-order valence-electron chi connectivity index (χ4n) is 1.02. The number of rotatable bonds is 0. The van der Waals surface area contributed by atoms with Gasteiger partial charge in [-0.1, -0.05) is 6.07 Å². The van der Waals surface area contributed by atoms with E-state index in [9.17, 15) is 0 Å². The first kappa shape index (κ1) is 5.92. The predicted octanol–water partition coefficient (Wildman–Crippen LogP) is 0.555. The number of aromatic nitrogens is 1. The van der Waals surface area contributed by atoms with Gasteiger partial charge in [-0.05, 0) is 16.2 Å². The summed E-state index contributed by atoms with van der Waals surface area (Å²) in [4.78, 5) is 4.04. The number of hydrogen-bond acceptors (Lipinski definition) is 2. The highest BCUT2D eigenvalue weighted by atomic mass is 32.1. The Kier molecular flexibility index (Phi) is 1.24. The average molecular weight is 147 g/mol. The van der Waals surface area contributed by atoms with E-state index < -0.39 is 0 Å². The molecule has 0 aliphatic rings. The van der Waals surface area contributed by atoms with E-state index in [4.69, 9.17) is 0 Å².